The number of ether oxygens (including phenoxy) is 2. The molecule has 2 aromatic rings. The minimum absolute atomic E-state index is 0.300. The lowest BCUT2D eigenvalue weighted by molar-refractivity contribution is 0.139. The van der Waals surface area contributed by atoms with E-state index in [1.807, 2.05) is 29.7 Å². The first-order valence-electron chi connectivity index (χ1n) is 8.41. The van der Waals surface area contributed by atoms with Crippen molar-refractivity contribution in [3.8, 4) is 11.5 Å². The second-order valence-electron chi connectivity index (χ2n) is 5.41. The zero-order valence-electron chi connectivity index (χ0n) is 14.8. The fraction of sp³-hybridized carbons (Fsp3) is 0.263. The highest BCUT2D eigenvalue weighted by Gasteiger charge is 2.03. The summed E-state index contributed by atoms with van der Waals surface area (Å²) < 4.78 is 11.2. The first kappa shape index (κ1) is 19.4. The molecule has 0 saturated carbocycles. The molecule has 0 fully saturated rings. The van der Waals surface area contributed by atoms with Crippen molar-refractivity contribution >= 4 is 11.5 Å². The van der Waals surface area contributed by atoms with Crippen molar-refractivity contribution in [2.24, 2.45) is 10.7 Å². The van der Waals surface area contributed by atoms with Crippen LogP contribution in [-0.2, 0) is 4.74 Å². The number of hydrogen-bond acceptors (Lipinski definition) is 7. The summed E-state index contributed by atoms with van der Waals surface area (Å²) in [6.07, 6.45) is 6.83. The quantitative estimate of drug-likeness (QED) is 0.341. The number of pyridine rings is 1. The number of nitrogens with two attached hydrogens (primary N) is 1. The standard InChI is InChI=1S/C19H24N4O3/c1-2-3-12-25-14-22-18(10-11-20)15-4-6-16(7-5-15)26-17-8-9-19(23-24)21-13-17/h4-11,13,24H,2-3,12,14,20H2,1H3,(H,21,23). The topological polar surface area (TPSA) is 102 Å². The maximum Gasteiger partial charge on any atom is 0.149 e. The molecule has 0 radical (unpaired) electrons. The SMILES string of the molecule is CCCCOCN=C(C=CN)c1ccc(Oc2ccc(NO)nc2)cc1. The van der Waals surface area contributed by atoms with Crippen LogP contribution in [0.2, 0.25) is 0 Å². The van der Waals surface area contributed by atoms with Gasteiger partial charge < -0.3 is 15.2 Å². The molecule has 4 N–H and O–H groups in total. The molecule has 0 aliphatic rings. The highest BCUT2D eigenvalue weighted by Crippen LogP contribution is 2.22. The fourth-order valence-corrected chi connectivity index (χ4v) is 2.09. The van der Waals surface area contributed by atoms with Crippen molar-refractivity contribution in [1.29, 1.82) is 0 Å². The molecule has 1 aromatic carbocycles. The summed E-state index contributed by atoms with van der Waals surface area (Å²) in [7, 11) is 0. The maximum atomic E-state index is 8.76. The van der Waals surface area contributed by atoms with Crippen molar-refractivity contribution in [3.05, 3.63) is 60.4 Å². The van der Waals surface area contributed by atoms with Gasteiger partial charge in [0.25, 0.3) is 0 Å². The van der Waals surface area contributed by atoms with E-state index in [1.54, 1.807) is 18.2 Å². The number of unbranched alkanes of at least 4 members (excludes halogenated alkanes) is 1. The van der Waals surface area contributed by atoms with Crippen LogP contribution in [-0.4, -0.2) is 29.2 Å². The summed E-state index contributed by atoms with van der Waals surface area (Å²) in [5, 5.41) is 8.76. The predicted molar refractivity (Wildman–Crippen MR) is 102 cm³/mol. The molecule has 1 aromatic heterocycles. The summed E-state index contributed by atoms with van der Waals surface area (Å²) in [6.45, 7) is 3.12. The second kappa shape index (κ2) is 10.9. The lowest BCUT2D eigenvalue weighted by Crippen LogP contribution is -2.02. The Morgan fingerprint density at radius 2 is 2.00 bits per heavy atom. The molecule has 1 heterocycles. The average molecular weight is 356 g/mol. The molecule has 0 amide bonds. The Balaban J connectivity index is 2.01. The van der Waals surface area contributed by atoms with E-state index in [-0.39, 0.29) is 0 Å². The molecule has 7 heteroatoms. The minimum atomic E-state index is 0.300. The molecule has 0 bridgehead atoms. The molecule has 0 atom stereocenters. The van der Waals surface area contributed by atoms with Gasteiger partial charge in [-0.2, -0.15) is 0 Å². The number of aromatic nitrogens is 1. The summed E-state index contributed by atoms with van der Waals surface area (Å²) in [5.41, 5.74) is 9.15. The molecule has 0 aliphatic heterocycles. The van der Waals surface area contributed by atoms with Crippen LogP contribution in [0.1, 0.15) is 25.3 Å². The van der Waals surface area contributed by atoms with E-state index in [9.17, 15) is 0 Å². The molecule has 0 spiro atoms. The van der Waals surface area contributed by atoms with E-state index >= 15 is 0 Å². The van der Waals surface area contributed by atoms with Gasteiger partial charge >= 0.3 is 0 Å². The fourth-order valence-electron chi connectivity index (χ4n) is 2.09. The van der Waals surface area contributed by atoms with Gasteiger partial charge in [-0.05, 0) is 55.1 Å². The number of nitrogens with one attached hydrogen (secondary N) is 1. The van der Waals surface area contributed by atoms with E-state index in [2.05, 4.69) is 16.9 Å². The van der Waals surface area contributed by atoms with Crippen LogP contribution in [0, 0.1) is 0 Å². The third-order valence-electron chi connectivity index (χ3n) is 3.46. The molecule has 0 saturated heterocycles. The average Bonchev–Trinajstić information content (AvgIpc) is 2.68. The number of aliphatic imine (C=N–C) groups is 1. The Morgan fingerprint density at radius 1 is 1.23 bits per heavy atom. The molecule has 7 nitrogen and oxygen atoms in total. The summed E-state index contributed by atoms with van der Waals surface area (Å²) in [5.74, 6) is 1.58. The van der Waals surface area contributed by atoms with E-state index in [0.29, 0.717) is 30.7 Å². The Morgan fingerprint density at radius 3 is 2.62 bits per heavy atom. The number of rotatable bonds is 10. The molecular formula is C19H24N4O3. The molecular weight excluding hydrogens is 332 g/mol. The number of anilines is 1. The maximum absolute atomic E-state index is 8.76. The number of benzene rings is 1. The van der Waals surface area contributed by atoms with Gasteiger partial charge in [0.05, 0.1) is 11.9 Å². The number of nitrogens with zero attached hydrogens (tertiary/aromatic N) is 2. The van der Waals surface area contributed by atoms with Crippen LogP contribution >= 0.6 is 0 Å². The largest absolute Gasteiger partial charge is 0.456 e. The first-order chi connectivity index (χ1) is 12.8. The third-order valence-corrected chi connectivity index (χ3v) is 3.46. The molecule has 0 unspecified atom stereocenters. The van der Waals surface area contributed by atoms with Gasteiger partial charge in [0, 0.05) is 12.2 Å². The van der Waals surface area contributed by atoms with Crippen LogP contribution in [0.3, 0.4) is 0 Å². The summed E-state index contributed by atoms with van der Waals surface area (Å²) >= 11 is 0. The second-order valence-corrected chi connectivity index (χ2v) is 5.41. The zero-order valence-corrected chi connectivity index (χ0v) is 14.8. The van der Waals surface area contributed by atoms with Crippen molar-refractivity contribution in [1.82, 2.24) is 4.98 Å². The highest BCUT2D eigenvalue weighted by molar-refractivity contribution is 6.08. The van der Waals surface area contributed by atoms with Gasteiger partial charge in [0.15, 0.2) is 0 Å². The predicted octanol–water partition coefficient (Wildman–Crippen LogP) is 3.71. The number of allylic oxidation sites excluding steroid dienone is 1. The van der Waals surface area contributed by atoms with Crippen molar-refractivity contribution in [2.75, 3.05) is 18.8 Å². The van der Waals surface area contributed by atoms with Gasteiger partial charge in [0.1, 0.15) is 24.0 Å². The normalized spacial score (nSPS) is 11.7. The molecule has 0 aliphatic carbocycles. The smallest absolute Gasteiger partial charge is 0.149 e. The van der Waals surface area contributed by atoms with E-state index in [4.69, 9.17) is 20.4 Å². The van der Waals surface area contributed by atoms with Crippen molar-refractivity contribution in [3.63, 3.8) is 0 Å². The van der Waals surface area contributed by atoms with Gasteiger partial charge in [-0.3, -0.25) is 15.7 Å². The molecule has 26 heavy (non-hydrogen) atoms. The summed E-state index contributed by atoms with van der Waals surface area (Å²) in [6, 6.07) is 10.8. The van der Waals surface area contributed by atoms with Crippen LogP contribution in [0.5, 0.6) is 11.5 Å². The van der Waals surface area contributed by atoms with E-state index in [0.717, 1.165) is 24.1 Å². The van der Waals surface area contributed by atoms with Crippen LogP contribution in [0.4, 0.5) is 5.82 Å². The first-order valence-corrected chi connectivity index (χ1v) is 8.41. The molecule has 138 valence electrons. The van der Waals surface area contributed by atoms with Gasteiger partial charge in [-0.25, -0.2) is 4.98 Å². The van der Waals surface area contributed by atoms with Crippen LogP contribution < -0.4 is 16.0 Å². The van der Waals surface area contributed by atoms with Crippen LogP contribution in [0.25, 0.3) is 0 Å². The Kier molecular flexibility index (Phi) is 8.11. The number of hydrogen-bond donors (Lipinski definition) is 3. The van der Waals surface area contributed by atoms with Crippen molar-refractivity contribution in [2.45, 2.75) is 19.8 Å². The minimum Gasteiger partial charge on any atom is -0.456 e. The van der Waals surface area contributed by atoms with Gasteiger partial charge in [-0.15, -0.1) is 0 Å². The highest BCUT2D eigenvalue weighted by atomic mass is 16.5. The van der Waals surface area contributed by atoms with Gasteiger partial charge in [0.2, 0.25) is 0 Å². The van der Waals surface area contributed by atoms with Crippen molar-refractivity contribution < 1.29 is 14.7 Å². The zero-order chi connectivity index (χ0) is 18.6. The Bertz CT molecular complexity index is 713. The van der Waals surface area contributed by atoms with E-state index < -0.39 is 0 Å². The lowest BCUT2D eigenvalue weighted by atomic mass is 10.1. The monoisotopic (exact) mass is 356 g/mol. The van der Waals surface area contributed by atoms with Gasteiger partial charge in [-0.1, -0.05) is 13.3 Å². The Hall–Kier alpha value is -2.90. The summed E-state index contributed by atoms with van der Waals surface area (Å²) in [4.78, 5) is 8.41. The van der Waals surface area contributed by atoms with Crippen LogP contribution in [0.15, 0.2) is 59.9 Å². The Labute approximate surface area is 153 Å². The van der Waals surface area contributed by atoms with E-state index in [1.165, 1.54) is 12.4 Å². The lowest BCUT2D eigenvalue weighted by Gasteiger charge is -2.08. The third kappa shape index (κ3) is 6.19. The molecule has 2 rings (SSSR count).